The van der Waals surface area contributed by atoms with Gasteiger partial charge in [0.05, 0.1) is 0 Å². The molecule has 2 fully saturated rings. The van der Waals surface area contributed by atoms with Crippen LogP contribution in [0.4, 0.5) is 4.79 Å². The number of nitrogens with one attached hydrogen (secondary N) is 1. The van der Waals surface area contributed by atoms with E-state index in [-0.39, 0.29) is 18.0 Å². The smallest absolute Gasteiger partial charge is 0.321 e. The van der Waals surface area contributed by atoms with Crippen molar-refractivity contribution in [1.82, 2.24) is 10.2 Å². The van der Waals surface area contributed by atoms with E-state index in [1.165, 1.54) is 0 Å². The van der Waals surface area contributed by atoms with Crippen LogP contribution in [0.2, 0.25) is 0 Å². The summed E-state index contributed by atoms with van der Waals surface area (Å²) in [6.07, 6.45) is 2.51. The molecule has 11 heavy (non-hydrogen) atoms. The van der Waals surface area contributed by atoms with Gasteiger partial charge in [-0.25, -0.2) is 4.79 Å². The van der Waals surface area contributed by atoms with Crippen LogP contribution in [0.15, 0.2) is 0 Å². The highest BCUT2D eigenvalue weighted by molar-refractivity contribution is 5.97. The van der Waals surface area contributed by atoms with Crippen LogP contribution in [0.25, 0.3) is 0 Å². The van der Waals surface area contributed by atoms with Gasteiger partial charge in [0.25, 0.3) is 0 Å². The van der Waals surface area contributed by atoms with Gasteiger partial charge < -0.3 is 4.90 Å². The lowest BCUT2D eigenvalue weighted by Crippen LogP contribution is -2.51. The summed E-state index contributed by atoms with van der Waals surface area (Å²) in [5.74, 6) is -0.127. The molecule has 2 heterocycles. The van der Waals surface area contributed by atoms with Crippen LogP contribution in [0, 0.1) is 0 Å². The summed E-state index contributed by atoms with van der Waals surface area (Å²) in [5.41, 5.74) is 0. The van der Waals surface area contributed by atoms with Gasteiger partial charge in [-0.15, -0.1) is 0 Å². The fourth-order valence-electron chi connectivity index (χ4n) is 1.77. The van der Waals surface area contributed by atoms with Crippen LogP contribution in [-0.4, -0.2) is 29.4 Å². The molecule has 4 nitrogen and oxygen atoms in total. The summed E-state index contributed by atoms with van der Waals surface area (Å²) < 4.78 is 0. The number of carbonyl (C=O) groups excluding carboxylic acids is 2. The SMILES string of the molecule is O=C1C[C@H]2CCCN2C(=O)N1. The fraction of sp³-hybridized carbons (Fsp3) is 0.714. The van der Waals surface area contributed by atoms with Crippen molar-refractivity contribution < 1.29 is 9.59 Å². The van der Waals surface area contributed by atoms with E-state index < -0.39 is 0 Å². The van der Waals surface area contributed by atoms with Crippen molar-refractivity contribution in [3.63, 3.8) is 0 Å². The van der Waals surface area contributed by atoms with E-state index in [1.54, 1.807) is 4.90 Å². The predicted molar refractivity (Wildman–Crippen MR) is 37.9 cm³/mol. The van der Waals surface area contributed by atoms with E-state index in [2.05, 4.69) is 5.32 Å². The number of imide groups is 1. The van der Waals surface area contributed by atoms with Crippen LogP contribution in [0.3, 0.4) is 0 Å². The average molecular weight is 154 g/mol. The molecule has 0 radical (unpaired) electrons. The predicted octanol–water partition coefficient (Wildman–Crippen LogP) is 0.0907. The van der Waals surface area contributed by atoms with Crippen molar-refractivity contribution >= 4 is 11.9 Å². The molecule has 0 aromatic heterocycles. The Kier molecular flexibility index (Phi) is 1.34. The number of hydrogen-bond donors (Lipinski definition) is 1. The first kappa shape index (κ1) is 6.64. The zero-order valence-corrected chi connectivity index (χ0v) is 6.17. The largest absolute Gasteiger partial charge is 0.324 e. The molecule has 60 valence electrons. The molecule has 2 rings (SSSR count). The van der Waals surface area contributed by atoms with Gasteiger partial charge in [0.2, 0.25) is 5.91 Å². The number of hydrogen-bond acceptors (Lipinski definition) is 2. The molecule has 3 amide bonds. The van der Waals surface area contributed by atoms with Gasteiger partial charge in [-0.1, -0.05) is 0 Å². The first-order chi connectivity index (χ1) is 5.27. The summed E-state index contributed by atoms with van der Waals surface area (Å²) in [4.78, 5) is 23.7. The number of nitrogens with zero attached hydrogens (tertiary/aromatic N) is 1. The third-order valence-corrected chi connectivity index (χ3v) is 2.31. The lowest BCUT2D eigenvalue weighted by Gasteiger charge is -2.28. The Morgan fingerprint density at radius 1 is 1.45 bits per heavy atom. The van der Waals surface area contributed by atoms with Crippen molar-refractivity contribution in [2.24, 2.45) is 0 Å². The summed E-state index contributed by atoms with van der Waals surface area (Å²) in [6, 6.07) is -0.0139. The van der Waals surface area contributed by atoms with Crippen LogP contribution in [-0.2, 0) is 4.79 Å². The van der Waals surface area contributed by atoms with Crippen molar-refractivity contribution in [3.8, 4) is 0 Å². The Balaban J connectivity index is 2.16. The molecule has 1 atom stereocenters. The molecular formula is C7H10N2O2. The number of urea groups is 1. The quantitative estimate of drug-likeness (QED) is 0.537. The Hall–Kier alpha value is -1.06. The molecule has 0 aliphatic carbocycles. The second kappa shape index (κ2) is 2.22. The van der Waals surface area contributed by atoms with Crippen LogP contribution in [0.5, 0.6) is 0 Å². The van der Waals surface area contributed by atoms with Gasteiger partial charge in [0.15, 0.2) is 0 Å². The van der Waals surface area contributed by atoms with E-state index >= 15 is 0 Å². The van der Waals surface area contributed by atoms with Crippen LogP contribution < -0.4 is 5.32 Å². The highest BCUT2D eigenvalue weighted by Crippen LogP contribution is 2.22. The second-order valence-corrected chi connectivity index (χ2v) is 3.05. The molecular weight excluding hydrogens is 144 g/mol. The topological polar surface area (TPSA) is 49.4 Å². The minimum absolute atomic E-state index is 0.127. The lowest BCUT2D eigenvalue weighted by molar-refractivity contribution is -0.122. The minimum atomic E-state index is -0.205. The fourth-order valence-corrected chi connectivity index (χ4v) is 1.77. The van der Waals surface area contributed by atoms with Gasteiger partial charge in [-0.3, -0.25) is 10.1 Å². The van der Waals surface area contributed by atoms with E-state index in [1.807, 2.05) is 0 Å². The van der Waals surface area contributed by atoms with Crippen molar-refractivity contribution in [3.05, 3.63) is 0 Å². The third-order valence-electron chi connectivity index (χ3n) is 2.31. The third kappa shape index (κ3) is 0.982. The van der Waals surface area contributed by atoms with Gasteiger partial charge in [-0.2, -0.15) is 0 Å². The molecule has 0 unspecified atom stereocenters. The molecule has 2 aliphatic heterocycles. The molecule has 1 N–H and O–H groups in total. The van der Waals surface area contributed by atoms with E-state index in [4.69, 9.17) is 0 Å². The molecule has 0 aromatic carbocycles. The zero-order valence-electron chi connectivity index (χ0n) is 6.17. The molecule has 4 heteroatoms. The van der Waals surface area contributed by atoms with Crippen molar-refractivity contribution in [1.29, 1.82) is 0 Å². The Bertz CT molecular complexity index is 214. The van der Waals surface area contributed by atoms with Gasteiger partial charge in [-0.05, 0) is 12.8 Å². The standard InChI is InChI=1S/C7H10N2O2/c10-6-4-5-2-1-3-9(5)7(11)8-6/h5H,1-4H2,(H,8,10,11)/t5-/m1/s1. The van der Waals surface area contributed by atoms with Crippen molar-refractivity contribution in [2.75, 3.05) is 6.54 Å². The summed E-state index contributed by atoms with van der Waals surface area (Å²) in [6.45, 7) is 0.809. The highest BCUT2D eigenvalue weighted by atomic mass is 16.2. The zero-order chi connectivity index (χ0) is 7.84. The molecule has 0 bridgehead atoms. The summed E-state index contributed by atoms with van der Waals surface area (Å²) >= 11 is 0. The first-order valence-corrected chi connectivity index (χ1v) is 3.88. The maximum absolute atomic E-state index is 11.1. The molecule has 2 aliphatic rings. The Morgan fingerprint density at radius 2 is 2.27 bits per heavy atom. The lowest BCUT2D eigenvalue weighted by atomic mass is 10.1. The first-order valence-electron chi connectivity index (χ1n) is 3.88. The molecule has 0 saturated carbocycles. The Labute approximate surface area is 64.5 Å². The minimum Gasteiger partial charge on any atom is -0.321 e. The summed E-state index contributed by atoms with van der Waals surface area (Å²) in [5, 5.41) is 2.30. The van der Waals surface area contributed by atoms with E-state index in [9.17, 15) is 9.59 Å². The second-order valence-electron chi connectivity index (χ2n) is 3.05. The molecule has 0 spiro atoms. The number of amides is 3. The van der Waals surface area contributed by atoms with Gasteiger partial charge in [0.1, 0.15) is 0 Å². The van der Waals surface area contributed by atoms with E-state index in [0.29, 0.717) is 6.42 Å². The maximum atomic E-state index is 11.1. The van der Waals surface area contributed by atoms with Crippen LogP contribution >= 0.6 is 0 Å². The maximum Gasteiger partial charge on any atom is 0.324 e. The highest BCUT2D eigenvalue weighted by Gasteiger charge is 2.35. The van der Waals surface area contributed by atoms with Crippen molar-refractivity contribution in [2.45, 2.75) is 25.3 Å². The van der Waals surface area contributed by atoms with Gasteiger partial charge >= 0.3 is 6.03 Å². The normalized spacial score (nSPS) is 30.2. The average Bonchev–Trinajstić information content (AvgIpc) is 2.34. The Morgan fingerprint density at radius 3 is 3.09 bits per heavy atom. The van der Waals surface area contributed by atoms with E-state index in [0.717, 1.165) is 19.4 Å². The number of carbonyl (C=O) groups is 2. The molecule has 0 aromatic rings. The van der Waals surface area contributed by atoms with Crippen LogP contribution in [0.1, 0.15) is 19.3 Å². The monoisotopic (exact) mass is 154 g/mol. The summed E-state index contributed by atoms with van der Waals surface area (Å²) in [7, 11) is 0. The number of fused-ring (bicyclic) bond motifs is 1. The molecule has 2 saturated heterocycles. The van der Waals surface area contributed by atoms with Gasteiger partial charge in [0, 0.05) is 19.0 Å². The number of rotatable bonds is 0.